The van der Waals surface area contributed by atoms with E-state index in [4.69, 9.17) is 4.74 Å². The van der Waals surface area contributed by atoms with E-state index in [1.165, 1.54) is 0 Å². The largest absolute Gasteiger partial charge is 0.381 e. The lowest BCUT2D eigenvalue weighted by Gasteiger charge is -2.11. The van der Waals surface area contributed by atoms with Crippen molar-refractivity contribution < 1.29 is 19.5 Å². The SMILES string of the molecule is CC(C)CNC(=O)CCOCC(C)CO[N+](=O)[O-]. The van der Waals surface area contributed by atoms with Gasteiger partial charge in [0.25, 0.3) is 5.09 Å². The van der Waals surface area contributed by atoms with Crippen LogP contribution in [0.4, 0.5) is 0 Å². The first-order valence-electron chi connectivity index (χ1n) is 6.03. The molecule has 0 aliphatic rings. The molecule has 0 saturated heterocycles. The molecule has 0 spiro atoms. The number of hydrogen-bond donors (Lipinski definition) is 1. The van der Waals surface area contributed by atoms with E-state index >= 15 is 0 Å². The van der Waals surface area contributed by atoms with Crippen molar-refractivity contribution in [3.8, 4) is 0 Å². The van der Waals surface area contributed by atoms with Crippen LogP contribution in [0.3, 0.4) is 0 Å². The highest BCUT2D eigenvalue weighted by Gasteiger charge is 2.06. The minimum Gasteiger partial charge on any atom is -0.381 e. The van der Waals surface area contributed by atoms with E-state index in [0.29, 0.717) is 32.1 Å². The van der Waals surface area contributed by atoms with Crippen LogP contribution in [0, 0.1) is 22.0 Å². The van der Waals surface area contributed by atoms with Gasteiger partial charge in [0.1, 0.15) is 6.61 Å². The molecule has 7 heteroatoms. The summed E-state index contributed by atoms with van der Waals surface area (Å²) in [6.07, 6.45) is 0.301. The Bertz CT molecular complexity index is 258. The van der Waals surface area contributed by atoms with Crippen LogP contribution in [0.1, 0.15) is 27.2 Å². The standard InChI is InChI=1S/C11H22N2O5/c1-9(2)6-12-11(14)4-5-17-7-10(3)8-18-13(15)16/h9-10H,4-8H2,1-3H3,(H,12,14). The topological polar surface area (TPSA) is 90.7 Å². The third-order valence-corrected chi connectivity index (χ3v) is 2.05. The van der Waals surface area contributed by atoms with Gasteiger partial charge < -0.3 is 14.9 Å². The molecule has 1 N–H and O–H groups in total. The summed E-state index contributed by atoms with van der Waals surface area (Å²) in [6.45, 7) is 7.14. The van der Waals surface area contributed by atoms with E-state index in [-0.39, 0.29) is 18.4 Å². The van der Waals surface area contributed by atoms with E-state index in [9.17, 15) is 14.9 Å². The lowest BCUT2D eigenvalue weighted by molar-refractivity contribution is -0.759. The molecule has 0 fully saturated rings. The Morgan fingerprint density at radius 1 is 1.33 bits per heavy atom. The van der Waals surface area contributed by atoms with Gasteiger partial charge in [0, 0.05) is 18.9 Å². The third kappa shape index (κ3) is 11.1. The van der Waals surface area contributed by atoms with Crippen LogP contribution in [0.15, 0.2) is 0 Å². The van der Waals surface area contributed by atoms with Gasteiger partial charge in [0.2, 0.25) is 5.91 Å². The van der Waals surface area contributed by atoms with Gasteiger partial charge >= 0.3 is 0 Å². The first-order chi connectivity index (χ1) is 8.41. The van der Waals surface area contributed by atoms with Gasteiger partial charge in [0.05, 0.1) is 13.2 Å². The quantitative estimate of drug-likeness (QED) is 0.360. The highest BCUT2D eigenvalue weighted by Crippen LogP contribution is 1.98. The Kier molecular flexibility index (Phi) is 8.91. The number of ether oxygens (including phenoxy) is 1. The van der Waals surface area contributed by atoms with Gasteiger partial charge in [-0.2, -0.15) is 0 Å². The van der Waals surface area contributed by atoms with Crippen molar-refractivity contribution in [2.24, 2.45) is 11.8 Å². The molecule has 0 aliphatic heterocycles. The van der Waals surface area contributed by atoms with E-state index in [0.717, 1.165) is 0 Å². The minimum atomic E-state index is -0.824. The lowest BCUT2D eigenvalue weighted by atomic mass is 10.2. The second kappa shape index (κ2) is 9.64. The van der Waals surface area contributed by atoms with Crippen molar-refractivity contribution in [1.82, 2.24) is 5.32 Å². The fourth-order valence-corrected chi connectivity index (χ4v) is 1.09. The molecule has 7 nitrogen and oxygen atoms in total. The maximum absolute atomic E-state index is 11.3. The van der Waals surface area contributed by atoms with Crippen molar-refractivity contribution in [3.63, 3.8) is 0 Å². The fourth-order valence-electron chi connectivity index (χ4n) is 1.09. The van der Waals surface area contributed by atoms with Crippen molar-refractivity contribution in [2.75, 3.05) is 26.4 Å². The van der Waals surface area contributed by atoms with Crippen molar-refractivity contribution in [3.05, 3.63) is 10.1 Å². The van der Waals surface area contributed by atoms with Crippen molar-refractivity contribution >= 4 is 5.91 Å². The molecule has 0 aliphatic carbocycles. The van der Waals surface area contributed by atoms with Crippen molar-refractivity contribution in [2.45, 2.75) is 27.2 Å². The molecule has 1 atom stereocenters. The zero-order valence-corrected chi connectivity index (χ0v) is 11.2. The van der Waals surface area contributed by atoms with Gasteiger partial charge in [0.15, 0.2) is 0 Å². The van der Waals surface area contributed by atoms with Crippen LogP contribution in [0.2, 0.25) is 0 Å². The number of hydrogen-bond acceptors (Lipinski definition) is 5. The molecular weight excluding hydrogens is 240 g/mol. The average molecular weight is 262 g/mol. The third-order valence-electron chi connectivity index (χ3n) is 2.05. The molecule has 18 heavy (non-hydrogen) atoms. The smallest absolute Gasteiger partial charge is 0.294 e. The molecule has 0 aromatic carbocycles. The normalized spacial score (nSPS) is 12.2. The summed E-state index contributed by atoms with van der Waals surface area (Å²) in [5.41, 5.74) is 0. The Morgan fingerprint density at radius 3 is 2.56 bits per heavy atom. The zero-order chi connectivity index (χ0) is 14.0. The first kappa shape index (κ1) is 16.6. The van der Waals surface area contributed by atoms with E-state index in [1.54, 1.807) is 6.92 Å². The predicted molar refractivity (Wildman–Crippen MR) is 65.4 cm³/mol. The second-order valence-corrected chi connectivity index (χ2v) is 4.65. The maximum atomic E-state index is 11.3. The summed E-state index contributed by atoms with van der Waals surface area (Å²) in [5.74, 6) is 0.307. The summed E-state index contributed by atoms with van der Waals surface area (Å²) in [7, 11) is 0. The summed E-state index contributed by atoms with van der Waals surface area (Å²) in [4.78, 5) is 25.5. The number of nitrogens with zero attached hydrogens (tertiary/aromatic N) is 1. The Hall–Kier alpha value is -1.37. The average Bonchev–Trinajstić information content (AvgIpc) is 2.29. The summed E-state index contributed by atoms with van der Waals surface area (Å²) in [6, 6.07) is 0. The number of amides is 1. The molecule has 0 radical (unpaired) electrons. The maximum Gasteiger partial charge on any atom is 0.294 e. The second-order valence-electron chi connectivity index (χ2n) is 4.65. The van der Waals surface area contributed by atoms with Gasteiger partial charge in [-0.1, -0.05) is 20.8 Å². The molecule has 1 amide bonds. The Morgan fingerprint density at radius 2 is 2.00 bits per heavy atom. The Labute approximate surface area is 107 Å². The molecule has 0 bridgehead atoms. The fraction of sp³-hybridized carbons (Fsp3) is 0.909. The monoisotopic (exact) mass is 262 g/mol. The predicted octanol–water partition coefficient (Wildman–Crippen LogP) is 1.01. The Balaban J connectivity index is 3.43. The lowest BCUT2D eigenvalue weighted by Crippen LogP contribution is -2.28. The molecule has 0 aromatic heterocycles. The van der Waals surface area contributed by atoms with Crippen LogP contribution in [-0.4, -0.2) is 37.4 Å². The molecule has 0 heterocycles. The minimum absolute atomic E-state index is 0.00649. The van der Waals surface area contributed by atoms with Crippen LogP contribution >= 0.6 is 0 Å². The highest BCUT2D eigenvalue weighted by atomic mass is 16.9. The number of rotatable bonds is 10. The summed E-state index contributed by atoms with van der Waals surface area (Å²) in [5, 5.41) is 11.9. The molecule has 0 rings (SSSR count). The van der Waals surface area contributed by atoms with Crippen molar-refractivity contribution in [1.29, 1.82) is 0 Å². The van der Waals surface area contributed by atoms with Gasteiger partial charge in [-0.25, -0.2) is 0 Å². The number of carbonyl (C=O) groups is 1. The molecule has 0 saturated carbocycles. The summed E-state index contributed by atoms with van der Waals surface area (Å²) < 4.78 is 5.24. The van der Waals surface area contributed by atoms with E-state index < -0.39 is 5.09 Å². The zero-order valence-electron chi connectivity index (χ0n) is 11.2. The van der Waals surface area contributed by atoms with E-state index in [2.05, 4.69) is 10.2 Å². The number of carbonyl (C=O) groups excluding carboxylic acids is 1. The first-order valence-corrected chi connectivity index (χ1v) is 6.03. The van der Waals surface area contributed by atoms with Gasteiger partial charge in [-0.05, 0) is 5.92 Å². The number of nitrogens with one attached hydrogen (secondary N) is 1. The highest BCUT2D eigenvalue weighted by molar-refractivity contribution is 5.75. The molecule has 0 aromatic rings. The van der Waals surface area contributed by atoms with Gasteiger partial charge in [-0.15, -0.1) is 10.1 Å². The van der Waals surface area contributed by atoms with Crippen LogP contribution in [0.25, 0.3) is 0 Å². The molecule has 106 valence electrons. The van der Waals surface area contributed by atoms with Crippen LogP contribution in [-0.2, 0) is 14.4 Å². The molecule has 1 unspecified atom stereocenters. The summed E-state index contributed by atoms with van der Waals surface area (Å²) >= 11 is 0. The van der Waals surface area contributed by atoms with E-state index in [1.807, 2.05) is 13.8 Å². The van der Waals surface area contributed by atoms with Crippen LogP contribution < -0.4 is 5.32 Å². The van der Waals surface area contributed by atoms with Gasteiger partial charge in [-0.3, -0.25) is 4.79 Å². The van der Waals surface area contributed by atoms with Crippen LogP contribution in [0.5, 0.6) is 0 Å². The molecular formula is C11H22N2O5.